The maximum absolute atomic E-state index is 13.3. The van der Waals surface area contributed by atoms with Gasteiger partial charge in [0, 0.05) is 26.2 Å². The van der Waals surface area contributed by atoms with E-state index >= 15 is 0 Å². The van der Waals surface area contributed by atoms with E-state index in [4.69, 9.17) is 0 Å². The van der Waals surface area contributed by atoms with Gasteiger partial charge in [-0.05, 0) is 61.7 Å². The number of nitrogens with zero attached hydrogens (tertiary/aromatic N) is 6. The highest BCUT2D eigenvalue weighted by Crippen LogP contribution is 2.40. The molecule has 0 radical (unpaired) electrons. The molecule has 2 aliphatic rings. The minimum Gasteiger partial charge on any atom is -0.338 e. The number of aryl methyl sites for hydroxylation is 2. The standard InChI is InChI=1S/C20H28N6O/c1-17-5-2-6-18(13-17)14-25-10-3-7-20(19(25)27)8-12-24(15-20)9-4-11-26-16-21-22-23-26/h2,5-6,13,16H,3-4,7-12,14-15H2,1H3/t20-/m0/s1. The van der Waals surface area contributed by atoms with E-state index in [1.165, 1.54) is 11.1 Å². The number of hydrogen-bond acceptors (Lipinski definition) is 5. The molecule has 7 heteroatoms. The number of aromatic nitrogens is 4. The van der Waals surface area contributed by atoms with Crippen LogP contribution in [-0.2, 0) is 17.9 Å². The van der Waals surface area contributed by atoms with Crippen molar-refractivity contribution >= 4 is 5.91 Å². The smallest absolute Gasteiger partial charge is 0.230 e. The molecule has 1 aromatic carbocycles. The molecule has 144 valence electrons. The summed E-state index contributed by atoms with van der Waals surface area (Å²) in [5.41, 5.74) is 2.31. The molecule has 0 bridgehead atoms. The Balaban J connectivity index is 1.34. The van der Waals surface area contributed by atoms with Crippen LogP contribution in [0.5, 0.6) is 0 Å². The highest BCUT2D eigenvalue weighted by Gasteiger charge is 2.47. The van der Waals surface area contributed by atoms with E-state index in [0.29, 0.717) is 5.91 Å². The summed E-state index contributed by atoms with van der Waals surface area (Å²) in [5.74, 6) is 0.359. The number of amides is 1. The summed E-state index contributed by atoms with van der Waals surface area (Å²) in [5, 5.41) is 11.2. The molecule has 0 N–H and O–H groups in total. The van der Waals surface area contributed by atoms with Gasteiger partial charge in [0.2, 0.25) is 5.91 Å². The summed E-state index contributed by atoms with van der Waals surface area (Å²) in [6.07, 6.45) is 5.78. The maximum Gasteiger partial charge on any atom is 0.230 e. The van der Waals surface area contributed by atoms with Crippen molar-refractivity contribution in [1.29, 1.82) is 0 Å². The van der Waals surface area contributed by atoms with E-state index in [2.05, 4.69) is 56.5 Å². The van der Waals surface area contributed by atoms with Crippen molar-refractivity contribution in [1.82, 2.24) is 30.0 Å². The van der Waals surface area contributed by atoms with Crippen LogP contribution in [0.3, 0.4) is 0 Å². The number of carbonyl (C=O) groups is 1. The molecule has 1 amide bonds. The molecule has 1 atom stereocenters. The Morgan fingerprint density at radius 1 is 1.19 bits per heavy atom. The van der Waals surface area contributed by atoms with Crippen LogP contribution in [0.2, 0.25) is 0 Å². The zero-order valence-electron chi connectivity index (χ0n) is 16.0. The third-order valence-corrected chi connectivity index (χ3v) is 5.97. The summed E-state index contributed by atoms with van der Waals surface area (Å²) >= 11 is 0. The van der Waals surface area contributed by atoms with Gasteiger partial charge in [-0.3, -0.25) is 4.79 Å². The summed E-state index contributed by atoms with van der Waals surface area (Å²) in [7, 11) is 0. The predicted molar refractivity (Wildman–Crippen MR) is 102 cm³/mol. The predicted octanol–water partition coefficient (Wildman–Crippen LogP) is 1.89. The number of piperidine rings is 1. The molecule has 0 saturated carbocycles. The van der Waals surface area contributed by atoms with Gasteiger partial charge in [0.05, 0.1) is 5.41 Å². The fourth-order valence-electron chi connectivity index (χ4n) is 4.60. The van der Waals surface area contributed by atoms with E-state index in [0.717, 1.165) is 65.0 Å². The lowest BCUT2D eigenvalue weighted by Crippen LogP contribution is -2.49. The summed E-state index contributed by atoms with van der Waals surface area (Å²) in [6, 6.07) is 8.50. The molecule has 2 fully saturated rings. The Bertz CT molecular complexity index is 777. The van der Waals surface area contributed by atoms with Crippen molar-refractivity contribution in [2.24, 2.45) is 5.41 Å². The second-order valence-electron chi connectivity index (χ2n) is 8.05. The topological polar surface area (TPSA) is 67.2 Å². The van der Waals surface area contributed by atoms with Crippen molar-refractivity contribution < 1.29 is 4.79 Å². The van der Waals surface area contributed by atoms with Crippen LogP contribution in [0.1, 0.15) is 36.8 Å². The lowest BCUT2D eigenvalue weighted by molar-refractivity contribution is -0.146. The minimum atomic E-state index is -0.170. The Morgan fingerprint density at radius 3 is 2.93 bits per heavy atom. The minimum absolute atomic E-state index is 0.170. The van der Waals surface area contributed by atoms with Crippen LogP contribution in [0.25, 0.3) is 0 Å². The van der Waals surface area contributed by atoms with Gasteiger partial charge >= 0.3 is 0 Å². The van der Waals surface area contributed by atoms with Gasteiger partial charge in [-0.25, -0.2) is 4.68 Å². The molecule has 4 rings (SSSR count). The quantitative estimate of drug-likeness (QED) is 0.779. The Labute approximate surface area is 160 Å². The summed E-state index contributed by atoms with van der Waals surface area (Å²) in [4.78, 5) is 17.8. The molecule has 2 aromatic rings. The van der Waals surface area contributed by atoms with Crippen molar-refractivity contribution in [2.75, 3.05) is 26.2 Å². The molecule has 1 aromatic heterocycles. The molecule has 27 heavy (non-hydrogen) atoms. The summed E-state index contributed by atoms with van der Waals surface area (Å²) in [6.45, 7) is 7.45. The second kappa shape index (κ2) is 7.76. The van der Waals surface area contributed by atoms with Crippen molar-refractivity contribution in [3.63, 3.8) is 0 Å². The number of likely N-dealkylation sites (tertiary alicyclic amines) is 2. The third kappa shape index (κ3) is 4.03. The van der Waals surface area contributed by atoms with Crippen LogP contribution < -0.4 is 0 Å². The molecule has 2 aliphatic heterocycles. The maximum atomic E-state index is 13.3. The summed E-state index contributed by atoms with van der Waals surface area (Å²) < 4.78 is 1.77. The van der Waals surface area contributed by atoms with Gasteiger partial charge in [-0.15, -0.1) is 5.10 Å². The Kier molecular flexibility index (Phi) is 5.20. The molecule has 0 unspecified atom stereocenters. The van der Waals surface area contributed by atoms with Crippen LogP contribution in [0.15, 0.2) is 30.6 Å². The van der Waals surface area contributed by atoms with Crippen LogP contribution >= 0.6 is 0 Å². The second-order valence-corrected chi connectivity index (χ2v) is 8.05. The van der Waals surface area contributed by atoms with Crippen LogP contribution in [-0.4, -0.2) is 62.1 Å². The Morgan fingerprint density at radius 2 is 2.11 bits per heavy atom. The normalized spacial score (nSPS) is 23.4. The fraction of sp³-hybridized carbons (Fsp3) is 0.600. The first-order chi connectivity index (χ1) is 13.1. The molecule has 2 saturated heterocycles. The van der Waals surface area contributed by atoms with E-state index in [-0.39, 0.29) is 5.41 Å². The molecular weight excluding hydrogens is 340 g/mol. The van der Waals surface area contributed by atoms with E-state index < -0.39 is 0 Å². The molecule has 3 heterocycles. The highest BCUT2D eigenvalue weighted by atomic mass is 16.2. The van der Waals surface area contributed by atoms with Crippen molar-refractivity contribution in [2.45, 2.75) is 45.7 Å². The first-order valence-corrected chi connectivity index (χ1v) is 9.93. The Hall–Kier alpha value is -2.28. The van der Waals surface area contributed by atoms with E-state index in [9.17, 15) is 4.79 Å². The van der Waals surface area contributed by atoms with Gasteiger partial charge in [0.15, 0.2) is 0 Å². The molecule has 7 nitrogen and oxygen atoms in total. The number of carbonyl (C=O) groups excluding carboxylic acids is 1. The van der Waals surface area contributed by atoms with Crippen molar-refractivity contribution in [3.8, 4) is 0 Å². The molecule has 0 aliphatic carbocycles. The number of hydrogen-bond donors (Lipinski definition) is 0. The van der Waals surface area contributed by atoms with Gasteiger partial charge < -0.3 is 9.80 Å². The largest absolute Gasteiger partial charge is 0.338 e. The third-order valence-electron chi connectivity index (χ3n) is 5.97. The first-order valence-electron chi connectivity index (χ1n) is 9.93. The average molecular weight is 368 g/mol. The lowest BCUT2D eigenvalue weighted by atomic mass is 9.78. The van der Waals surface area contributed by atoms with E-state index in [1.807, 2.05) is 0 Å². The number of benzene rings is 1. The lowest BCUT2D eigenvalue weighted by Gasteiger charge is -2.39. The van der Waals surface area contributed by atoms with Crippen molar-refractivity contribution in [3.05, 3.63) is 41.7 Å². The number of tetrazole rings is 1. The van der Waals surface area contributed by atoms with Gasteiger partial charge in [-0.2, -0.15) is 0 Å². The monoisotopic (exact) mass is 368 g/mol. The van der Waals surface area contributed by atoms with E-state index in [1.54, 1.807) is 11.0 Å². The van der Waals surface area contributed by atoms with Gasteiger partial charge in [0.25, 0.3) is 0 Å². The number of rotatable bonds is 6. The fourth-order valence-corrected chi connectivity index (χ4v) is 4.60. The zero-order chi connectivity index (χ0) is 18.7. The first kappa shape index (κ1) is 18.1. The van der Waals surface area contributed by atoms with Gasteiger partial charge in [0.1, 0.15) is 6.33 Å². The van der Waals surface area contributed by atoms with Gasteiger partial charge in [-0.1, -0.05) is 29.8 Å². The molecule has 1 spiro atoms. The van der Waals surface area contributed by atoms with Crippen LogP contribution in [0, 0.1) is 12.3 Å². The highest BCUT2D eigenvalue weighted by molar-refractivity contribution is 5.84. The SMILES string of the molecule is Cc1cccc(CN2CCC[C@@]3(CCN(CCCn4cnnn4)C3)C2=O)c1. The van der Waals surface area contributed by atoms with Crippen LogP contribution in [0.4, 0.5) is 0 Å². The average Bonchev–Trinajstić information content (AvgIpc) is 3.30. The zero-order valence-corrected chi connectivity index (χ0v) is 16.0. The molecular formula is C20H28N6O.